The minimum Gasteiger partial charge on any atom is -0.481 e. The highest BCUT2D eigenvalue weighted by molar-refractivity contribution is 5.93. The minimum atomic E-state index is -1.03. The SMILES string of the molecule is Cc1c(F)ccc2c(=O)c3cccc(CC(=O)O)c3oc12. The molecule has 5 heteroatoms. The zero-order valence-electron chi connectivity index (χ0n) is 11.1. The Morgan fingerprint density at radius 3 is 2.62 bits per heavy atom. The smallest absolute Gasteiger partial charge is 0.307 e. The van der Waals surface area contributed by atoms with Crippen LogP contribution in [0, 0.1) is 12.7 Å². The number of aliphatic carboxylic acids is 1. The molecule has 1 aromatic heterocycles. The van der Waals surface area contributed by atoms with Gasteiger partial charge in [0.05, 0.1) is 17.2 Å². The summed E-state index contributed by atoms with van der Waals surface area (Å²) >= 11 is 0. The molecule has 0 spiro atoms. The van der Waals surface area contributed by atoms with Crippen molar-refractivity contribution in [1.82, 2.24) is 0 Å². The Hall–Kier alpha value is -2.69. The lowest BCUT2D eigenvalue weighted by molar-refractivity contribution is -0.136. The van der Waals surface area contributed by atoms with Gasteiger partial charge in [-0.05, 0) is 25.1 Å². The van der Waals surface area contributed by atoms with Gasteiger partial charge in [0.1, 0.15) is 17.0 Å². The van der Waals surface area contributed by atoms with Crippen molar-refractivity contribution in [2.24, 2.45) is 0 Å². The van der Waals surface area contributed by atoms with Crippen LogP contribution in [0.1, 0.15) is 11.1 Å². The Balaban J connectivity index is 2.49. The lowest BCUT2D eigenvalue weighted by atomic mass is 10.0. The Kier molecular flexibility index (Phi) is 2.97. The van der Waals surface area contributed by atoms with Crippen LogP contribution in [0.4, 0.5) is 4.39 Å². The number of carboxylic acids is 1. The summed E-state index contributed by atoms with van der Waals surface area (Å²) in [6, 6.07) is 7.37. The van der Waals surface area contributed by atoms with Crippen molar-refractivity contribution >= 4 is 27.9 Å². The van der Waals surface area contributed by atoms with Crippen LogP contribution in [0.2, 0.25) is 0 Å². The van der Waals surface area contributed by atoms with Crippen molar-refractivity contribution in [3.05, 3.63) is 57.5 Å². The van der Waals surface area contributed by atoms with Crippen molar-refractivity contribution < 1.29 is 18.7 Å². The number of rotatable bonds is 2. The van der Waals surface area contributed by atoms with Crippen LogP contribution < -0.4 is 5.43 Å². The zero-order chi connectivity index (χ0) is 15.1. The maximum absolute atomic E-state index is 13.6. The first-order valence-electron chi connectivity index (χ1n) is 6.34. The lowest BCUT2D eigenvalue weighted by Gasteiger charge is -2.07. The average Bonchev–Trinajstić information content (AvgIpc) is 2.44. The Morgan fingerprint density at radius 2 is 1.90 bits per heavy atom. The number of fused-ring (bicyclic) bond motifs is 2. The molecule has 0 saturated heterocycles. The van der Waals surface area contributed by atoms with E-state index in [1.54, 1.807) is 18.2 Å². The first-order chi connectivity index (χ1) is 9.99. The molecule has 0 unspecified atom stereocenters. The highest BCUT2D eigenvalue weighted by Crippen LogP contribution is 2.25. The first kappa shape index (κ1) is 13.3. The van der Waals surface area contributed by atoms with Gasteiger partial charge in [0.15, 0.2) is 0 Å². The van der Waals surface area contributed by atoms with Crippen LogP contribution in [0.15, 0.2) is 39.5 Å². The molecular weight excluding hydrogens is 275 g/mol. The Morgan fingerprint density at radius 1 is 1.19 bits per heavy atom. The largest absolute Gasteiger partial charge is 0.481 e. The molecule has 0 radical (unpaired) electrons. The van der Waals surface area contributed by atoms with Gasteiger partial charge in [-0.25, -0.2) is 4.39 Å². The second-order valence-electron chi connectivity index (χ2n) is 4.84. The molecule has 0 aliphatic rings. The molecule has 0 amide bonds. The van der Waals surface area contributed by atoms with Crippen molar-refractivity contribution in [3.8, 4) is 0 Å². The van der Waals surface area contributed by atoms with Crippen molar-refractivity contribution in [2.75, 3.05) is 0 Å². The fraction of sp³-hybridized carbons (Fsp3) is 0.125. The van der Waals surface area contributed by atoms with Gasteiger partial charge in [0.2, 0.25) is 5.43 Å². The molecule has 0 aliphatic heterocycles. The quantitative estimate of drug-likeness (QED) is 0.735. The van der Waals surface area contributed by atoms with Gasteiger partial charge in [0, 0.05) is 11.1 Å². The molecule has 2 aromatic carbocycles. The molecule has 1 N–H and O–H groups in total. The molecule has 21 heavy (non-hydrogen) atoms. The summed E-state index contributed by atoms with van der Waals surface area (Å²) < 4.78 is 19.3. The third-order valence-electron chi connectivity index (χ3n) is 3.47. The van der Waals surface area contributed by atoms with Crippen LogP contribution in [0.5, 0.6) is 0 Å². The van der Waals surface area contributed by atoms with E-state index in [9.17, 15) is 14.0 Å². The van der Waals surface area contributed by atoms with Crippen molar-refractivity contribution in [3.63, 3.8) is 0 Å². The molecule has 0 bridgehead atoms. The normalized spacial score (nSPS) is 11.1. The molecule has 3 rings (SSSR count). The second-order valence-corrected chi connectivity index (χ2v) is 4.84. The van der Waals surface area contributed by atoms with Gasteiger partial charge in [0.25, 0.3) is 0 Å². The Labute approximate surface area is 118 Å². The van der Waals surface area contributed by atoms with Gasteiger partial charge in [-0.15, -0.1) is 0 Å². The molecular formula is C16H11FO4. The van der Waals surface area contributed by atoms with Gasteiger partial charge in [-0.3, -0.25) is 9.59 Å². The third kappa shape index (κ3) is 2.07. The number of hydrogen-bond acceptors (Lipinski definition) is 3. The molecule has 0 saturated carbocycles. The summed E-state index contributed by atoms with van der Waals surface area (Å²) in [5, 5.41) is 9.51. The maximum Gasteiger partial charge on any atom is 0.307 e. The minimum absolute atomic E-state index is 0.158. The van der Waals surface area contributed by atoms with Crippen molar-refractivity contribution in [2.45, 2.75) is 13.3 Å². The van der Waals surface area contributed by atoms with Gasteiger partial charge >= 0.3 is 5.97 Å². The summed E-state index contributed by atoms with van der Waals surface area (Å²) in [6.07, 6.45) is -0.264. The molecule has 0 fully saturated rings. The maximum atomic E-state index is 13.6. The van der Waals surface area contributed by atoms with Crippen LogP contribution in [-0.4, -0.2) is 11.1 Å². The summed E-state index contributed by atoms with van der Waals surface area (Å²) in [5.41, 5.74) is 0.692. The van der Waals surface area contributed by atoms with E-state index in [0.717, 1.165) is 0 Å². The third-order valence-corrected chi connectivity index (χ3v) is 3.47. The molecule has 4 nitrogen and oxygen atoms in total. The number of hydrogen-bond donors (Lipinski definition) is 1. The predicted octanol–water partition coefficient (Wildman–Crippen LogP) is 3.02. The topological polar surface area (TPSA) is 67.5 Å². The van der Waals surface area contributed by atoms with E-state index < -0.39 is 11.8 Å². The summed E-state index contributed by atoms with van der Waals surface area (Å²) in [7, 11) is 0. The summed E-state index contributed by atoms with van der Waals surface area (Å²) in [4.78, 5) is 23.4. The lowest BCUT2D eigenvalue weighted by Crippen LogP contribution is -2.07. The average molecular weight is 286 g/mol. The number of carbonyl (C=O) groups is 1. The number of aryl methyl sites for hydroxylation is 1. The summed E-state index contributed by atoms with van der Waals surface area (Å²) in [5.74, 6) is -1.50. The van der Waals surface area contributed by atoms with Crippen molar-refractivity contribution in [1.29, 1.82) is 0 Å². The second kappa shape index (κ2) is 4.70. The molecule has 106 valence electrons. The van der Waals surface area contributed by atoms with Gasteiger partial charge < -0.3 is 9.52 Å². The first-order valence-corrected chi connectivity index (χ1v) is 6.34. The Bertz CT molecular complexity index is 940. The molecule has 0 atom stereocenters. The van der Waals surface area contributed by atoms with E-state index in [-0.39, 0.29) is 34.0 Å². The molecule has 1 heterocycles. The van der Waals surface area contributed by atoms with E-state index in [0.29, 0.717) is 10.9 Å². The molecule has 0 aliphatic carbocycles. The van der Waals surface area contributed by atoms with E-state index in [1.807, 2.05) is 0 Å². The highest BCUT2D eigenvalue weighted by atomic mass is 19.1. The van der Waals surface area contributed by atoms with E-state index in [1.165, 1.54) is 19.1 Å². The number of carboxylic acid groups (broad SMARTS) is 1. The van der Waals surface area contributed by atoms with Gasteiger partial charge in [-0.1, -0.05) is 12.1 Å². The van der Waals surface area contributed by atoms with Crippen LogP contribution in [-0.2, 0) is 11.2 Å². The number of benzene rings is 2. The molecule has 3 aromatic rings. The highest BCUT2D eigenvalue weighted by Gasteiger charge is 2.15. The van der Waals surface area contributed by atoms with Crippen LogP contribution >= 0.6 is 0 Å². The monoisotopic (exact) mass is 286 g/mol. The van der Waals surface area contributed by atoms with E-state index in [4.69, 9.17) is 9.52 Å². The standard InChI is InChI=1S/C16H11FO4/c1-8-12(17)6-5-11-14(20)10-4-2-3-9(7-13(18)19)16(10)21-15(8)11/h2-6H,7H2,1H3,(H,18,19). The van der Waals surface area contributed by atoms with Crippen LogP contribution in [0.3, 0.4) is 0 Å². The van der Waals surface area contributed by atoms with E-state index >= 15 is 0 Å². The fourth-order valence-corrected chi connectivity index (χ4v) is 2.41. The number of para-hydroxylation sites is 1. The zero-order valence-corrected chi connectivity index (χ0v) is 11.1. The van der Waals surface area contributed by atoms with Crippen LogP contribution in [0.25, 0.3) is 21.9 Å². The predicted molar refractivity (Wildman–Crippen MR) is 76.0 cm³/mol. The van der Waals surface area contributed by atoms with E-state index in [2.05, 4.69) is 0 Å². The number of halogens is 1. The fourth-order valence-electron chi connectivity index (χ4n) is 2.41. The summed E-state index contributed by atoms with van der Waals surface area (Å²) in [6.45, 7) is 1.52. The van der Waals surface area contributed by atoms with Gasteiger partial charge in [-0.2, -0.15) is 0 Å².